The predicted octanol–water partition coefficient (Wildman–Crippen LogP) is 0.881. The third kappa shape index (κ3) is 2.16. The standard InChI is InChI=1S/C12H23N3O2/c1-8(2)6-12(4)10(17)15(9(3)7-16)11(13)14(12)5/h8-9,13,16H,6-7H2,1-5H3. The Bertz CT molecular complexity index is 330. The summed E-state index contributed by atoms with van der Waals surface area (Å²) < 4.78 is 0. The molecule has 0 spiro atoms. The number of nitrogens with one attached hydrogen (secondary N) is 1. The number of guanidine groups is 1. The molecule has 2 atom stereocenters. The Morgan fingerprint density at radius 1 is 1.41 bits per heavy atom. The van der Waals surface area contributed by atoms with Crippen LogP contribution < -0.4 is 0 Å². The fraction of sp³-hybridized carbons (Fsp3) is 0.833. The Balaban J connectivity index is 3.05. The normalized spacial score (nSPS) is 27.2. The van der Waals surface area contributed by atoms with Crippen molar-refractivity contribution in [1.82, 2.24) is 9.80 Å². The van der Waals surface area contributed by atoms with Crippen molar-refractivity contribution in [2.75, 3.05) is 13.7 Å². The molecule has 1 saturated heterocycles. The summed E-state index contributed by atoms with van der Waals surface area (Å²) in [6.07, 6.45) is 0.708. The lowest BCUT2D eigenvalue weighted by Gasteiger charge is -2.30. The zero-order valence-corrected chi connectivity index (χ0v) is 11.3. The molecule has 0 saturated carbocycles. The van der Waals surface area contributed by atoms with E-state index in [2.05, 4.69) is 13.8 Å². The SMILES string of the molecule is CC(C)CC1(C)C(=O)N(C(C)CO)C(=N)N1C. The van der Waals surface area contributed by atoms with Crippen LogP contribution >= 0.6 is 0 Å². The highest BCUT2D eigenvalue weighted by Crippen LogP contribution is 2.32. The van der Waals surface area contributed by atoms with Crippen LogP contribution in [-0.2, 0) is 4.79 Å². The van der Waals surface area contributed by atoms with Gasteiger partial charge in [0, 0.05) is 7.05 Å². The van der Waals surface area contributed by atoms with E-state index in [-0.39, 0.29) is 24.5 Å². The maximum absolute atomic E-state index is 12.4. The van der Waals surface area contributed by atoms with E-state index >= 15 is 0 Å². The Morgan fingerprint density at radius 3 is 2.35 bits per heavy atom. The largest absolute Gasteiger partial charge is 0.394 e. The van der Waals surface area contributed by atoms with Crippen molar-refractivity contribution in [1.29, 1.82) is 5.41 Å². The van der Waals surface area contributed by atoms with Crippen LogP contribution in [0, 0.1) is 11.3 Å². The molecule has 2 unspecified atom stereocenters. The van der Waals surface area contributed by atoms with Crippen LogP contribution in [-0.4, -0.2) is 52.0 Å². The third-order valence-electron chi connectivity index (χ3n) is 3.48. The van der Waals surface area contributed by atoms with E-state index < -0.39 is 5.54 Å². The van der Waals surface area contributed by atoms with Gasteiger partial charge in [0.2, 0.25) is 5.96 Å². The molecular formula is C12H23N3O2. The molecule has 1 amide bonds. The average Bonchev–Trinajstić information content (AvgIpc) is 2.40. The number of hydrogen-bond acceptors (Lipinski definition) is 3. The average molecular weight is 241 g/mol. The summed E-state index contributed by atoms with van der Waals surface area (Å²) in [7, 11) is 1.77. The fourth-order valence-electron chi connectivity index (χ4n) is 2.40. The van der Waals surface area contributed by atoms with Crippen molar-refractivity contribution in [2.24, 2.45) is 5.92 Å². The van der Waals surface area contributed by atoms with Gasteiger partial charge in [-0.05, 0) is 26.2 Å². The van der Waals surface area contributed by atoms with Crippen molar-refractivity contribution in [3.05, 3.63) is 0 Å². The number of likely N-dealkylation sites (N-methyl/N-ethyl adjacent to an activating group) is 1. The molecule has 1 aliphatic heterocycles. The third-order valence-corrected chi connectivity index (χ3v) is 3.48. The quantitative estimate of drug-likeness (QED) is 0.768. The van der Waals surface area contributed by atoms with Gasteiger partial charge >= 0.3 is 0 Å². The van der Waals surface area contributed by atoms with Crippen molar-refractivity contribution in [3.8, 4) is 0 Å². The van der Waals surface area contributed by atoms with Crippen LogP contribution in [0.4, 0.5) is 0 Å². The van der Waals surface area contributed by atoms with Gasteiger partial charge in [-0.2, -0.15) is 0 Å². The zero-order chi connectivity index (χ0) is 13.4. The number of nitrogens with zero attached hydrogens (tertiary/aromatic N) is 2. The molecule has 1 rings (SSSR count). The molecule has 0 radical (unpaired) electrons. The van der Waals surface area contributed by atoms with Crippen LogP contribution in [0.15, 0.2) is 0 Å². The molecule has 5 nitrogen and oxygen atoms in total. The number of carbonyl (C=O) groups is 1. The molecule has 0 aliphatic carbocycles. The first kappa shape index (κ1) is 14.0. The number of hydrogen-bond donors (Lipinski definition) is 2. The molecule has 0 aromatic carbocycles. The van der Waals surface area contributed by atoms with E-state index in [0.29, 0.717) is 12.3 Å². The highest BCUT2D eigenvalue weighted by molar-refractivity contribution is 6.07. The van der Waals surface area contributed by atoms with Crippen LogP contribution in [0.3, 0.4) is 0 Å². The first-order valence-corrected chi connectivity index (χ1v) is 6.02. The van der Waals surface area contributed by atoms with Gasteiger partial charge in [-0.3, -0.25) is 15.1 Å². The van der Waals surface area contributed by atoms with Gasteiger partial charge in [-0.15, -0.1) is 0 Å². The summed E-state index contributed by atoms with van der Waals surface area (Å²) in [5.41, 5.74) is -0.658. The topological polar surface area (TPSA) is 67.6 Å². The lowest BCUT2D eigenvalue weighted by molar-refractivity contribution is -0.134. The lowest BCUT2D eigenvalue weighted by atomic mass is 9.89. The second kappa shape index (κ2) is 4.64. The Morgan fingerprint density at radius 2 is 1.94 bits per heavy atom. The number of carbonyl (C=O) groups excluding carboxylic acids is 1. The van der Waals surface area contributed by atoms with Gasteiger partial charge in [-0.25, -0.2) is 0 Å². The maximum atomic E-state index is 12.4. The lowest BCUT2D eigenvalue weighted by Crippen LogP contribution is -2.47. The van der Waals surface area contributed by atoms with Crippen molar-refractivity contribution in [3.63, 3.8) is 0 Å². The molecule has 0 aromatic rings. The molecule has 0 bridgehead atoms. The fourth-order valence-corrected chi connectivity index (χ4v) is 2.40. The maximum Gasteiger partial charge on any atom is 0.255 e. The summed E-state index contributed by atoms with van der Waals surface area (Å²) in [5.74, 6) is 0.475. The second-order valence-corrected chi connectivity index (χ2v) is 5.46. The minimum atomic E-state index is -0.658. The van der Waals surface area contributed by atoms with Crippen molar-refractivity contribution in [2.45, 2.75) is 45.7 Å². The Labute approximate surface area is 103 Å². The molecule has 0 aromatic heterocycles. The minimum absolute atomic E-state index is 0.0831. The summed E-state index contributed by atoms with van der Waals surface area (Å²) in [4.78, 5) is 15.5. The van der Waals surface area contributed by atoms with E-state index in [9.17, 15) is 4.79 Å². The molecule has 1 aliphatic rings. The highest BCUT2D eigenvalue weighted by Gasteiger charge is 2.51. The second-order valence-electron chi connectivity index (χ2n) is 5.46. The number of aliphatic hydroxyl groups is 1. The molecular weight excluding hydrogens is 218 g/mol. The number of aliphatic hydroxyl groups excluding tert-OH is 1. The van der Waals surface area contributed by atoms with Gasteiger partial charge in [0.25, 0.3) is 5.91 Å². The summed E-state index contributed by atoms with van der Waals surface area (Å²) in [6.45, 7) is 7.62. The number of amides is 1. The molecule has 1 heterocycles. The van der Waals surface area contributed by atoms with E-state index in [1.807, 2.05) is 6.92 Å². The Kier molecular flexibility index (Phi) is 3.81. The zero-order valence-electron chi connectivity index (χ0n) is 11.3. The van der Waals surface area contributed by atoms with Crippen LogP contribution in [0.5, 0.6) is 0 Å². The van der Waals surface area contributed by atoms with Gasteiger partial charge < -0.3 is 10.0 Å². The van der Waals surface area contributed by atoms with E-state index in [0.717, 1.165) is 0 Å². The van der Waals surface area contributed by atoms with Crippen molar-refractivity contribution < 1.29 is 9.90 Å². The number of rotatable bonds is 4. The first-order chi connectivity index (χ1) is 7.75. The monoisotopic (exact) mass is 241 g/mol. The molecule has 98 valence electrons. The van der Waals surface area contributed by atoms with Crippen LogP contribution in [0.2, 0.25) is 0 Å². The van der Waals surface area contributed by atoms with Gasteiger partial charge in [0.1, 0.15) is 5.54 Å². The van der Waals surface area contributed by atoms with Crippen molar-refractivity contribution >= 4 is 11.9 Å². The van der Waals surface area contributed by atoms with E-state index in [1.165, 1.54) is 4.90 Å². The van der Waals surface area contributed by atoms with Crippen LogP contribution in [0.25, 0.3) is 0 Å². The van der Waals surface area contributed by atoms with Crippen LogP contribution in [0.1, 0.15) is 34.1 Å². The van der Waals surface area contributed by atoms with Gasteiger partial charge in [0.15, 0.2) is 0 Å². The van der Waals surface area contributed by atoms with Gasteiger partial charge in [0.05, 0.1) is 12.6 Å². The summed E-state index contributed by atoms with van der Waals surface area (Å²) in [6, 6.07) is -0.341. The summed E-state index contributed by atoms with van der Waals surface area (Å²) >= 11 is 0. The Hall–Kier alpha value is -1.10. The predicted molar refractivity (Wildman–Crippen MR) is 66.7 cm³/mol. The summed E-state index contributed by atoms with van der Waals surface area (Å²) in [5, 5.41) is 17.2. The molecule has 5 heteroatoms. The van der Waals surface area contributed by atoms with E-state index in [4.69, 9.17) is 10.5 Å². The first-order valence-electron chi connectivity index (χ1n) is 6.02. The van der Waals surface area contributed by atoms with Gasteiger partial charge in [-0.1, -0.05) is 13.8 Å². The molecule has 17 heavy (non-hydrogen) atoms. The highest BCUT2D eigenvalue weighted by atomic mass is 16.3. The molecule has 2 N–H and O–H groups in total. The minimum Gasteiger partial charge on any atom is -0.394 e. The smallest absolute Gasteiger partial charge is 0.255 e. The van der Waals surface area contributed by atoms with E-state index in [1.54, 1.807) is 18.9 Å². The molecule has 1 fully saturated rings.